The molecule has 0 aromatic carbocycles. The minimum atomic E-state index is -0.153. The number of ether oxygens (including phenoxy) is 1. The summed E-state index contributed by atoms with van der Waals surface area (Å²) in [5.41, 5.74) is 0. The van der Waals surface area contributed by atoms with Crippen LogP contribution in [0.3, 0.4) is 0 Å². The van der Waals surface area contributed by atoms with Crippen LogP contribution in [0, 0.1) is 0 Å². The first-order valence-electron chi connectivity index (χ1n) is 4.89. The number of carbonyl (C=O) groups excluding carboxylic acids is 1. The number of halogens is 1. The van der Waals surface area contributed by atoms with Crippen molar-refractivity contribution >= 4 is 22.9 Å². The van der Waals surface area contributed by atoms with Crippen LogP contribution in [0.25, 0.3) is 0 Å². The van der Waals surface area contributed by atoms with E-state index in [0.717, 1.165) is 31.1 Å². The Kier molecular flexibility index (Phi) is 8.61. The molecule has 0 fully saturated rings. The van der Waals surface area contributed by atoms with Crippen molar-refractivity contribution in [2.45, 2.75) is 19.8 Å². The zero-order valence-corrected chi connectivity index (χ0v) is 10.4. The Balaban J connectivity index is 0.00000196. The molecule has 1 rings (SSSR count). The molecule has 0 radical (unpaired) electrons. The Morgan fingerprint density at radius 1 is 1.67 bits per heavy atom. The van der Waals surface area contributed by atoms with Crippen LogP contribution >= 0.6 is 11.8 Å². The molecule has 0 aliphatic carbocycles. The van der Waals surface area contributed by atoms with E-state index < -0.39 is 0 Å². The normalized spacial score (nSPS) is 13.8. The zero-order chi connectivity index (χ0) is 10.2. The molecule has 0 bridgehead atoms. The molecule has 0 aromatic heterocycles. The minimum absolute atomic E-state index is 0. The summed E-state index contributed by atoms with van der Waals surface area (Å²) in [4.78, 5) is 15.3. The van der Waals surface area contributed by atoms with Crippen molar-refractivity contribution in [3.05, 3.63) is 0 Å². The van der Waals surface area contributed by atoms with E-state index >= 15 is 0 Å². The molecule has 6 heteroatoms. The molecule has 4 nitrogen and oxygen atoms in total. The third-order valence-corrected chi connectivity index (χ3v) is 2.66. The standard InChI is InChI=1S/C9H16N2O2S.ClH/c1-2-3-6-13-8(12)7-14-9-10-4-5-11-9;/h2-7H2,1H3,(H,10,11);1H/p-1. The number of nitrogens with one attached hydrogen (secondary N) is 1. The van der Waals surface area contributed by atoms with E-state index in [2.05, 4.69) is 17.2 Å². The number of esters is 1. The van der Waals surface area contributed by atoms with E-state index in [-0.39, 0.29) is 18.4 Å². The van der Waals surface area contributed by atoms with Gasteiger partial charge in [0.2, 0.25) is 0 Å². The summed E-state index contributed by atoms with van der Waals surface area (Å²) in [5, 5.41) is 3.94. The summed E-state index contributed by atoms with van der Waals surface area (Å²) in [5.74, 6) is 0.204. The van der Waals surface area contributed by atoms with Crippen LogP contribution in [0.1, 0.15) is 19.8 Å². The molecule has 0 spiro atoms. The summed E-state index contributed by atoms with van der Waals surface area (Å²) in [6.07, 6.45) is 1.99. The molecule has 1 heterocycles. The first-order valence-corrected chi connectivity index (χ1v) is 5.88. The fourth-order valence-electron chi connectivity index (χ4n) is 0.972. The lowest BCUT2D eigenvalue weighted by Gasteiger charge is -2.03. The maximum absolute atomic E-state index is 11.1. The highest BCUT2D eigenvalue weighted by atomic mass is 35.5. The average Bonchev–Trinajstić information content (AvgIpc) is 2.68. The second-order valence-corrected chi connectivity index (χ2v) is 3.94. The van der Waals surface area contributed by atoms with E-state index in [9.17, 15) is 4.79 Å². The molecule has 0 atom stereocenters. The van der Waals surface area contributed by atoms with Crippen LogP contribution in [0.15, 0.2) is 4.99 Å². The molecule has 15 heavy (non-hydrogen) atoms. The topological polar surface area (TPSA) is 50.7 Å². The van der Waals surface area contributed by atoms with E-state index in [0.29, 0.717) is 12.4 Å². The van der Waals surface area contributed by atoms with Crippen LogP contribution < -0.4 is 17.7 Å². The zero-order valence-electron chi connectivity index (χ0n) is 8.79. The van der Waals surface area contributed by atoms with Crippen molar-refractivity contribution in [1.82, 2.24) is 5.32 Å². The lowest BCUT2D eigenvalue weighted by Crippen LogP contribution is -3.00. The number of amidine groups is 1. The van der Waals surface area contributed by atoms with Gasteiger partial charge in [0, 0.05) is 6.54 Å². The number of nitrogens with zero attached hydrogens (tertiary/aromatic N) is 1. The van der Waals surface area contributed by atoms with Crippen LogP contribution in [0.5, 0.6) is 0 Å². The molecular weight excluding hydrogens is 236 g/mol. The van der Waals surface area contributed by atoms with Gasteiger partial charge in [-0.2, -0.15) is 0 Å². The van der Waals surface area contributed by atoms with Gasteiger partial charge in [0.25, 0.3) is 0 Å². The van der Waals surface area contributed by atoms with E-state index in [1.807, 2.05) is 0 Å². The first-order chi connectivity index (χ1) is 6.83. The monoisotopic (exact) mass is 251 g/mol. The third-order valence-electron chi connectivity index (χ3n) is 1.73. The predicted molar refractivity (Wildman–Crippen MR) is 58.6 cm³/mol. The fraction of sp³-hybridized carbons (Fsp3) is 0.778. The maximum Gasteiger partial charge on any atom is 0.316 e. The number of rotatable bonds is 5. The maximum atomic E-state index is 11.1. The quantitative estimate of drug-likeness (QED) is 0.455. The third kappa shape index (κ3) is 6.62. The molecule has 0 unspecified atom stereocenters. The molecule has 0 amide bonds. The van der Waals surface area contributed by atoms with Crippen LogP contribution in [-0.4, -0.2) is 36.6 Å². The van der Waals surface area contributed by atoms with Crippen molar-refractivity contribution in [3.63, 3.8) is 0 Å². The van der Waals surface area contributed by atoms with Gasteiger partial charge in [0.1, 0.15) is 0 Å². The van der Waals surface area contributed by atoms with Gasteiger partial charge in [-0.25, -0.2) is 0 Å². The smallest absolute Gasteiger partial charge is 0.316 e. The van der Waals surface area contributed by atoms with Gasteiger partial charge in [-0.15, -0.1) is 0 Å². The summed E-state index contributed by atoms with van der Waals surface area (Å²) in [6, 6.07) is 0. The second kappa shape index (κ2) is 8.85. The van der Waals surface area contributed by atoms with E-state index in [4.69, 9.17) is 4.74 Å². The Bertz CT molecular complexity index is 224. The van der Waals surface area contributed by atoms with E-state index in [1.165, 1.54) is 11.8 Å². The molecular formula is C9H16ClN2O2S-. The summed E-state index contributed by atoms with van der Waals surface area (Å²) >= 11 is 1.41. The van der Waals surface area contributed by atoms with Crippen LogP contribution in [0.4, 0.5) is 0 Å². The molecule has 0 saturated carbocycles. The van der Waals surface area contributed by atoms with Gasteiger partial charge >= 0.3 is 5.97 Å². The first kappa shape index (κ1) is 14.6. The SMILES string of the molecule is CCCCOC(=O)CSC1=NCCN1.[Cl-]. The number of hydrogen-bond donors (Lipinski definition) is 1. The molecule has 0 aromatic rings. The van der Waals surface area contributed by atoms with Crippen LogP contribution in [0.2, 0.25) is 0 Å². The summed E-state index contributed by atoms with van der Waals surface area (Å²) in [7, 11) is 0. The van der Waals surface area contributed by atoms with Gasteiger partial charge in [-0.05, 0) is 6.42 Å². The van der Waals surface area contributed by atoms with Crippen molar-refractivity contribution in [1.29, 1.82) is 0 Å². The molecule has 1 aliphatic heterocycles. The highest BCUT2D eigenvalue weighted by molar-refractivity contribution is 8.14. The van der Waals surface area contributed by atoms with E-state index in [1.54, 1.807) is 0 Å². The fourth-order valence-corrected chi connectivity index (χ4v) is 1.70. The predicted octanol–water partition coefficient (Wildman–Crippen LogP) is -1.97. The van der Waals surface area contributed by atoms with Gasteiger partial charge in [-0.1, -0.05) is 25.1 Å². The van der Waals surface area contributed by atoms with Gasteiger partial charge in [-0.3, -0.25) is 9.79 Å². The molecule has 0 saturated heterocycles. The minimum Gasteiger partial charge on any atom is -1.00 e. The average molecular weight is 252 g/mol. The number of hydrogen-bond acceptors (Lipinski definition) is 5. The van der Waals surface area contributed by atoms with Crippen molar-refractivity contribution in [3.8, 4) is 0 Å². The van der Waals surface area contributed by atoms with Crippen molar-refractivity contribution in [2.75, 3.05) is 25.4 Å². The summed E-state index contributed by atoms with van der Waals surface area (Å²) in [6.45, 7) is 4.30. The lowest BCUT2D eigenvalue weighted by atomic mass is 10.4. The van der Waals surface area contributed by atoms with Crippen molar-refractivity contribution in [2.24, 2.45) is 4.99 Å². The number of thioether (sulfide) groups is 1. The van der Waals surface area contributed by atoms with Gasteiger partial charge in [0.05, 0.1) is 18.9 Å². The molecule has 88 valence electrons. The molecule has 1 N–H and O–H groups in total. The largest absolute Gasteiger partial charge is 1.00 e. The highest BCUT2D eigenvalue weighted by Gasteiger charge is 2.09. The van der Waals surface area contributed by atoms with Crippen LogP contribution in [-0.2, 0) is 9.53 Å². The number of aliphatic imine (C=N–C) groups is 1. The van der Waals surface area contributed by atoms with Gasteiger partial charge in [0.15, 0.2) is 5.17 Å². The van der Waals surface area contributed by atoms with Crippen molar-refractivity contribution < 1.29 is 21.9 Å². The Morgan fingerprint density at radius 3 is 3.07 bits per heavy atom. The molecule has 1 aliphatic rings. The highest BCUT2D eigenvalue weighted by Crippen LogP contribution is 2.05. The Labute approximate surface area is 101 Å². The number of unbranched alkanes of at least 4 members (excludes halogenated alkanes) is 1. The second-order valence-electron chi connectivity index (χ2n) is 2.98. The number of carbonyl (C=O) groups is 1. The Hall–Kier alpha value is -0.420. The lowest BCUT2D eigenvalue weighted by molar-refractivity contribution is -0.140. The summed E-state index contributed by atoms with van der Waals surface area (Å²) < 4.78 is 5.00. The van der Waals surface area contributed by atoms with Gasteiger partial charge < -0.3 is 22.5 Å². The Morgan fingerprint density at radius 2 is 2.47 bits per heavy atom.